The molecule has 1 aromatic carbocycles. The van der Waals surface area contributed by atoms with E-state index in [9.17, 15) is 9.90 Å². The van der Waals surface area contributed by atoms with Gasteiger partial charge in [0.05, 0.1) is 19.3 Å². The molecular formula is C21H26N2O4. The summed E-state index contributed by atoms with van der Waals surface area (Å²) >= 11 is 0. The molecule has 2 N–H and O–H groups in total. The van der Waals surface area contributed by atoms with Gasteiger partial charge in [0.1, 0.15) is 5.92 Å². The molecule has 2 aromatic rings. The van der Waals surface area contributed by atoms with Crippen molar-refractivity contribution in [3.05, 3.63) is 35.5 Å². The van der Waals surface area contributed by atoms with Gasteiger partial charge in [0.15, 0.2) is 6.29 Å². The molecule has 6 nitrogen and oxygen atoms in total. The molecule has 6 atom stereocenters. The number of carbonyl (C=O) groups excluding carboxylic acids is 1. The van der Waals surface area contributed by atoms with Crippen molar-refractivity contribution in [2.24, 2.45) is 17.8 Å². The van der Waals surface area contributed by atoms with E-state index in [1.807, 2.05) is 6.92 Å². The van der Waals surface area contributed by atoms with Crippen LogP contribution in [-0.2, 0) is 20.7 Å². The third-order valence-corrected chi connectivity index (χ3v) is 6.96. The summed E-state index contributed by atoms with van der Waals surface area (Å²) in [7, 11) is 1.38. The summed E-state index contributed by atoms with van der Waals surface area (Å²) in [6.45, 7) is 3.90. The van der Waals surface area contributed by atoms with Crippen LogP contribution in [0.4, 0.5) is 0 Å². The highest BCUT2D eigenvalue weighted by atomic mass is 16.6. The maximum absolute atomic E-state index is 12.4. The number of nitrogens with one attached hydrogen (secondary N) is 1. The Hall–Kier alpha value is -1.89. The number of hydrogen-bond acceptors (Lipinski definition) is 5. The van der Waals surface area contributed by atoms with Crippen molar-refractivity contribution < 1.29 is 19.4 Å². The van der Waals surface area contributed by atoms with E-state index in [4.69, 9.17) is 9.47 Å². The Morgan fingerprint density at radius 1 is 1.33 bits per heavy atom. The fraction of sp³-hybridized carbons (Fsp3) is 0.571. The number of rotatable bonds is 1. The monoisotopic (exact) mass is 370 g/mol. The average Bonchev–Trinajstić information content (AvgIpc) is 3.06. The van der Waals surface area contributed by atoms with Gasteiger partial charge in [0.2, 0.25) is 0 Å². The van der Waals surface area contributed by atoms with E-state index in [1.54, 1.807) is 0 Å². The minimum Gasteiger partial charge on any atom is -0.469 e. The zero-order valence-corrected chi connectivity index (χ0v) is 15.7. The number of methoxy groups -OCH3 is 1. The Labute approximate surface area is 158 Å². The van der Waals surface area contributed by atoms with Gasteiger partial charge in [0, 0.05) is 35.6 Å². The molecule has 0 amide bonds. The SMILES string of the molecule is COC(=O)[C@@H]1[C@H]2C[C@H]3c4[nH]c5ccccc5c4CCN3C[C@@H]2[C@H](C)O[C@H]1O. The summed E-state index contributed by atoms with van der Waals surface area (Å²) in [5, 5.41) is 11.7. The largest absolute Gasteiger partial charge is 0.469 e. The number of aliphatic hydroxyl groups is 1. The van der Waals surface area contributed by atoms with Crippen molar-refractivity contribution in [3.8, 4) is 0 Å². The van der Waals surface area contributed by atoms with Crippen molar-refractivity contribution in [1.82, 2.24) is 9.88 Å². The molecule has 0 aliphatic carbocycles. The maximum Gasteiger partial charge on any atom is 0.314 e. The van der Waals surface area contributed by atoms with Crippen LogP contribution in [0.5, 0.6) is 0 Å². The molecule has 0 saturated carbocycles. The third-order valence-electron chi connectivity index (χ3n) is 6.96. The second kappa shape index (κ2) is 6.33. The highest BCUT2D eigenvalue weighted by Crippen LogP contribution is 2.49. The number of aliphatic hydroxyl groups excluding tert-OH is 1. The smallest absolute Gasteiger partial charge is 0.314 e. The molecule has 144 valence electrons. The van der Waals surface area contributed by atoms with E-state index in [2.05, 4.69) is 34.1 Å². The number of ether oxygens (including phenoxy) is 2. The van der Waals surface area contributed by atoms with E-state index in [-0.39, 0.29) is 30.0 Å². The number of carbonyl (C=O) groups is 1. The van der Waals surface area contributed by atoms with Crippen molar-refractivity contribution in [2.75, 3.05) is 20.2 Å². The molecule has 4 heterocycles. The fourth-order valence-electron chi connectivity index (χ4n) is 5.65. The number of aromatic amines is 1. The lowest BCUT2D eigenvalue weighted by molar-refractivity contribution is -0.245. The highest BCUT2D eigenvalue weighted by Gasteiger charge is 2.52. The number of benzene rings is 1. The second-order valence-electron chi connectivity index (χ2n) is 8.17. The predicted molar refractivity (Wildman–Crippen MR) is 100.0 cm³/mol. The van der Waals surface area contributed by atoms with Crippen LogP contribution in [0.3, 0.4) is 0 Å². The molecule has 0 bridgehead atoms. The Bertz CT molecular complexity index is 878. The van der Waals surface area contributed by atoms with Crippen LogP contribution in [0.1, 0.15) is 30.6 Å². The van der Waals surface area contributed by atoms with Gasteiger partial charge in [-0.05, 0) is 37.3 Å². The van der Waals surface area contributed by atoms with Gasteiger partial charge in [-0.15, -0.1) is 0 Å². The number of fused-ring (bicyclic) bond motifs is 6. The molecule has 0 spiro atoms. The summed E-state index contributed by atoms with van der Waals surface area (Å²) < 4.78 is 10.7. The predicted octanol–water partition coefficient (Wildman–Crippen LogP) is 2.23. The quantitative estimate of drug-likeness (QED) is 0.753. The van der Waals surface area contributed by atoms with Crippen molar-refractivity contribution in [3.63, 3.8) is 0 Å². The van der Waals surface area contributed by atoms with E-state index in [0.717, 1.165) is 25.9 Å². The Kier molecular flexibility index (Phi) is 4.04. The Morgan fingerprint density at radius 3 is 2.96 bits per heavy atom. The van der Waals surface area contributed by atoms with Crippen LogP contribution in [-0.4, -0.2) is 53.6 Å². The van der Waals surface area contributed by atoms with E-state index < -0.39 is 12.2 Å². The lowest BCUT2D eigenvalue weighted by atomic mass is 9.68. The number of hydrogen-bond donors (Lipinski definition) is 2. The van der Waals surface area contributed by atoms with Gasteiger partial charge in [-0.25, -0.2) is 0 Å². The number of esters is 1. The number of para-hydroxylation sites is 1. The zero-order valence-electron chi connectivity index (χ0n) is 15.7. The first-order chi connectivity index (χ1) is 13.1. The maximum atomic E-state index is 12.4. The summed E-state index contributed by atoms with van der Waals surface area (Å²) in [6, 6.07) is 8.70. The van der Waals surface area contributed by atoms with Gasteiger partial charge >= 0.3 is 5.97 Å². The normalized spacial score (nSPS) is 36.0. The van der Waals surface area contributed by atoms with E-state index >= 15 is 0 Å². The number of piperidine rings is 1. The van der Waals surface area contributed by atoms with Crippen LogP contribution in [0.2, 0.25) is 0 Å². The molecule has 5 rings (SSSR count). The molecule has 3 aliphatic heterocycles. The summed E-state index contributed by atoms with van der Waals surface area (Å²) in [4.78, 5) is 18.6. The molecule has 6 heteroatoms. The fourth-order valence-corrected chi connectivity index (χ4v) is 5.65. The third kappa shape index (κ3) is 2.54. The zero-order chi connectivity index (χ0) is 18.7. The molecule has 2 saturated heterocycles. The van der Waals surface area contributed by atoms with Crippen LogP contribution in [0, 0.1) is 17.8 Å². The summed E-state index contributed by atoms with van der Waals surface area (Å²) in [5.74, 6) is -0.715. The molecule has 0 unspecified atom stereocenters. The first-order valence-corrected chi connectivity index (χ1v) is 9.83. The van der Waals surface area contributed by atoms with E-state index in [0.29, 0.717) is 0 Å². The van der Waals surface area contributed by atoms with Crippen molar-refractivity contribution >= 4 is 16.9 Å². The number of aromatic nitrogens is 1. The highest BCUT2D eigenvalue weighted by molar-refractivity contribution is 5.85. The van der Waals surface area contributed by atoms with Gasteiger partial charge in [-0.2, -0.15) is 0 Å². The van der Waals surface area contributed by atoms with E-state index in [1.165, 1.54) is 29.3 Å². The number of nitrogens with zero attached hydrogens (tertiary/aromatic N) is 1. The van der Waals surface area contributed by atoms with Gasteiger partial charge in [-0.3, -0.25) is 9.69 Å². The molecular weight excluding hydrogens is 344 g/mol. The second-order valence-corrected chi connectivity index (χ2v) is 8.17. The van der Waals surface area contributed by atoms with Crippen LogP contribution < -0.4 is 0 Å². The number of H-pyrrole nitrogens is 1. The average molecular weight is 370 g/mol. The van der Waals surface area contributed by atoms with Gasteiger partial charge in [0.25, 0.3) is 0 Å². The molecule has 3 aliphatic rings. The first-order valence-electron chi connectivity index (χ1n) is 9.83. The molecule has 27 heavy (non-hydrogen) atoms. The minimum absolute atomic E-state index is 0.0508. The first kappa shape index (κ1) is 17.2. The van der Waals surface area contributed by atoms with Gasteiger partial charge < -0.3 is 19.6 Å². The van der Waals surface area contributed by atoms with Gasteiger partial charge in [-0.1, -0.05) is 18.2 Å². The van der Waals surface area contributed by atoms with Crippen LogP contribution in [0.15, 0.2) is 24.3 Å². The standard InChI is InChI=1S/C21H26N2O4/c1-11-15-10-23-8-7-13-12-5-3-4-6-16(12)22-19(13)17(23)9-14(15)18(20(24)26-2)21(25)27-11/h3-6,11,14-15,17-18,21-22,25H,7-10H2,1-2H3/t11-,14-,15+,17-,18-,21+/m0/s1. The molecule has 1 aromatic heterocycles. The van der Waals surface area contributed by atoms with Crippen LogP contribution in [0.25, 0.3) is 10.9 Å². The lowest BCUT2D eigenvalue weighted by Gasteiger charge is -2.52. The minimum atomic E-state index is -1.09. The summed E-state index contributed by atoms with van der Waals surface area (Å²) in [5.41, 5.74) is 3.86. The Balaban J connectivity index is 1.54. The summed E-state index contributed by atoms with van der Waals surface area (Å²) in [6.07, 6.45) is 0.697. The van der Waals surface area contributed by atoms with Crippen molar-refractivity contribution in [2.45, 2.75) is 38.2 Å². The lowest BCUT2D eigenvalue weighted by Crippen LogP contribution is -2.58. The van der Waals surface area contributed by atoms with Crippen molar-refractivity contribution in [1.29, 1.82) is 0 Å². The molecule has 0 radical (unpaired) electrons. The Morgan fingerprint density at radius 2 is 2.15 bits per heavy atom. The molecule has 2 fully saturated rings. The topological polar surface area (TPSA) is 74.8 Å². The van der Waals surface area contributed by atoms with Crippen LogP contribution >= 0.6 is 0 Å².